The molecule has 2 N–H and O–H groups in total. The Morgan fingerprint density at radius 3 is 2.88 bits per heavy atom. The van der Waals surface area contributed by atoms with Gasteiger partial charge >= 0.3 is 0 Å². The highest BCUT2D eigenvalue weighted by atomic mass is 32.2. The lowest BCUT2D eigenvalue weighted by Gasteiger charge is -2.17. The number of hydrogen-bond donors (Lipinski definition) is 2. The number of anilines is 1. The monoisotopic (exact) mass is 380 g/mol. The highest BCUT2D eigenvalue weighted by molar-refractivity contribution is 7.98. The first kappa shape index (κ1) is 18.9. The van der Waals surface area contributed by atoms with Gasteiger partial charge in [0.05, 0.1) is 4.92 Å². The van der Waals surface area contributed by atoms with E-state index < -0.39 is 16.9 Å². The molecule has 2 rings (SSSR count). The largest absolute Gasteiger partial charge is 0.340 e. The molecule has 0 spiro atoms. The van der Waals surface area contributed by atoms with E-state index in [-0.39, 0.29) is 17.2 Å². The summed E-state index contributed by atoms with van der Waals surface area (Å²) in [5.41, 5.74) is -0.0500. The van der Waals surface area contributed by atoms with E-state index in [1.807, 2.05) is 6.26 Å². The summed E-state index contributed by atoms with van der Waals surface area (Å²) in [6.07, 6.45) is 3.90. The Balaban J connectivity index is 2.09. The zero-order valence-corrected chi connectivity index (χ0v) is 14.9. The van der Waals surface area contributed by atoms with Crippen LogP contribution in [0.5, 0.6) is 0 Å². The van der Waals surface area contributed by atoms with Crippen LogP contribution in [0, 0.1) is 10.1 Å². The normalized spacial score (nSPS) is 11.6. The molecule has 25 heavy (non-hydrogen) atoms. The van der Waals surface area contributed by atoms with E-state index in [9.17, 15) is 19.7 Å². The maximum absolute atomic E-state index is 12.4. The molecular formula is C15H16N4O4S2. The van der Waals surface area contributed by atoms with Crippen LogP contribution in [-0.2, 0) is 4.79 Å². The van der Waals surface area contributed by atoms with Gasteiger partial charge in [-0.3, -0.25) is 19.7 Å². The van der Waals surface area contributed by atoms with Gasteiger partial charge in [0.2, 0.25) is 5.91 Å². The molecular weight excluding hydrogens is 364 g/mol. The fourth-order valence-corrected chi connectivity index (χ4v) is 2.99. The Morgan fingerprint density at radius 1 is 1.44 bits per heavy atom. The number of carbonyl (C=O) groups is 2. The molecule has 0 radical (unpaired) electrons. The summed E-state index contributed by atoms with van der Waals surface area (Å²) < 4.78 is 0. The summed E-state index contributed by atoms with van der Waals surface area (Å²) in [6.45, 7) is 0. The summed E-state index contributed by atoms with van der Waals surface area (Å²) >= 11 is 2.83. The van der Waals surface area contributed by atoms with Crippen molar-refractivity contribution in [3.05, 3.63) is 51.5 Å². The minimum absolute atomic E-state index is 0.130. The first-order chi connectivity index (χ1) is 12.0. The SMILES string of the molecule is CSCC[C@@H](NC(=O)c1cccc([N+](=O)[O-])c1)C(=O)Nc1nccs1. The first-order valence-electron chi connectivity index (χ1n) is 7.26. The van der Waals surface area contributed by atoms with E-state index >= 15 is 0 Å². The van der Waals surface area contributed by atoms with Gasteiger partial charge < -0.3 is 10.6 Å². The van der Waals surface area contributed by atoms with Gasteiger partial charge in [-0.2, -0.15) is 11.8 Å². The molecule has 1 aromatic carbocycles. The third kappa shape index (κ3) is 5.54. The number of carbonyl (C=O) groups excluding carboxylic acids is 2. The molecule has 0 saturated heterocycles. The highest BCUT2D eigenvalue weighted by Crippen LogP contribution is 2.15. The third-order valence-corrected chi connectivity index (χ3v) is 4.55. The van der Waals surface area contributed by atoms with Crippen molar-refractivity contribution < 1.29 is 14.5 Å². The molecule has 0 aliphatic rings. The smallest absolute Gasteiger partial charge is 0.270 e. The van der Waals surface area contributed by atoms with Crippen molar-refractivity contribution in [2.24, 2.45) is 0 Å². The predicted molar refractivity (Wildman–Crippen MR) is 98.1 cm³/mol. The second-order valence-electron chi connectivity index (χ2n) is 4.94. The molecule has 1 heterocycles. The zero-order valence-electron chi connectivity index (χ0n) is 13.3. The van der Waals surface area contributed by atoms with Gasteiger partial charge in [0.25, 0.3) is 11.6 Å². The molecule has 2 aromatic rings. The summed E-state index contributed by atoms with van der Waals surface area (Å²) in [7, 11) is 0. The van der Waals surface area contributed by atoms with Crippen LogP contribution in [0.25, 0.3) is 0 Å². The Bertz CT molecular complexity index is 752. The van der Waals surface area contributed by atoms with Crippen LogP contribution in [0.15, 0.2) is 35.8 Å². The molecule has 10 heteroatoms. The van der Waals surface area contributed by atoms with E-state index in [1.54, 1.807) is 23.3 Å². The number of nitrogens with zero attached hydrogens (tertiary/aromatic N) is 2. The molecule has 0 bridgehead atoms. The second-order valence-corrected chi connectivity index (χ2v) is 6.82. The number of non-ortho nitro benzene ring substituents is 1. The molecule has 0 fully saturated rings. The number of benzene rings is 1. The lowest BCUT2D eigenvalue weighted by molar-refractivity contribution is -0.384. The Hall–Kier alpha value is -2.46. The Labute approximate surface area is 152 Å². The third-order valence-electron chi connectivity index (χ3n) is 3.21. The Morgan fingerprint density at radius 2 is 2.24 bits per heavy atom. The van der Waals surface area contributed by atoms with E-state index in [0.717, 1.165) is 0 Å². The quantitative estimate of drug-likeness (QED) is 0.537. The maximum Gasteiger partial charge on any atom is 0.270 e. The van der Waals surface area contributed by atoms with Crippen LogP contribution in [0.4, 0.5) is 10.8 Å². The van der Waals surface area contributed by atoms with Crippen molar-refractivity contribution in [3.8, 4) is 0 Å². The van der Waals surface area contributed by atoms with Crippen LogP contribution in [0.1, 0.15) is 16.8 Å². The molecule has 1 aromatic heterocycles. The predicted octanol–water partition coefficient (Wildman–Crippen LogP) is 2.54. The highest BCUT2D eigenvalue weighted by Gasteiger charge is 2.22. The van der Waals surface area contributed by atoms with Gasteiger partial charge in [0.1, 0.15) is 6.04 Å². The van der Waals surface area contributed by atoms with Crippen molar-refractivity contribution in [1.29, 1.82) is 0 Å². The van der Waals surface area contributed by atoms with Crippen molar-refractivity contribution in [2.45, 2.75) is 12.5 Å². The lowest BCUT2D eigenvalue weighted by atomic mass is 10.1. The summed E-state index contributed by atoms with van der Waals surface area (Å²) in [6, 6.07) is 4.62. The molecule has 8 nitrogen and oxygen atoms in total. The van der Waals surface area contributed by atoms with E-state index in [4.69, 9.17) is 0 Å². The van der Waals surface area contributed by atoms with Gasteiger partial charge in [-0.1, -0.05) is 6.07 Å². The molecule has 0 aliphatic carbocycles. The van der Waals surface area contributed by atoms with Crippen molar-refractivity contribution in [1.82, 2.24) is 10.3 Å². The summed E-state index contributed by atoms with van der Waals surface area (Å²) in [5.74, 6) is -0.239. The van der Waals surface area contributed by atoms with Gasteiger partial charge in [-0.25, -0.2) is 4.98 Å². The molecule has 0 saturated carbocycles. The molecule has 2 amide bonds. The van der Waals surface area contributed by atoms with Crippen molar-refractivity contribution in [3.63, 3.8) is 0 Å². The Kier molecular flexibility index (Phi) is 6.90. The minimum atomic E-state index is -0.761. The van der Waals surface area contributed by atoms with Gasteiger partial charge in [-0.15, -0.1) is 11.3 Å². The van der Waals surface area contributed by atoms with E-state index in [2.05, 4.69) is 15.6 Å². The number of nitro groups is 1. The van der Waals surface area contributed by atoms with E-state index in [0.29, 0.717) is 17.3 Å². The van der Waals surface area contributed by atoms with Crippen LogP contribution >= 0.6 is 23.1 Å². The van der Waals surface area contributed by atoms with Crippen LogP contribution < -0.4 is 10.6 Å². The molecule has 132 valence electrons. The fraction of sp³-hybridized carbons (Fsp3) is 0.267. The summed E-state index contributed by atoms with van der Waals surface area (Å²) in [4.78, 5) is 39.0. The number of thiazole rings is 1. The molecule has 0 aliphatic heterocycles. The number of amides is 2. The number of rotatable bonds is 8. The number of nitro benzene ring substituents is 1. The molecule has 1 atom stereocenters. The van der Waals surface area contributed by atoms with Crippen molar-refractivity contribution in [2.75, 3.05) is 17.3 Å². The number of nitrogens with one attached hydrogen (secondary N) is 2. The van der Waals surface area contributed by atoms with Gasteiger partial charge in [-0.05, 0) is 24.5 Å². The zero-order chi connectivity index (χ0) is 18.2. The minimum Gasteiger partial charge on any atom is -0.340 e. The van der Waals surface area contributed by atoms with Crippen LogP contribution in [0.2, 0.25) is 0 Å². The number of hydrogen-bond acceptors (Lipinski definition) is 7. The standard InChI is InChI=1S/C15H16N4O4S2/c1-24-7-5-12(14(21)18-15-16-6-8-25-15)17-13(20)10-3-2-4-11(9-10)19(22)23/h2-4,6,8-9,12H,5,7H2,1H3,(H,17,20)(H,16,18,21)/t12-/m1/s1. The van der Waals surface area contributed by atoms with Crippen LogP contribution in [-0.4, -0.2) is 39.8 Å². The number of thioether (sulfide) groups is 1. The average Bonchev–Trinajstić information content (AvgIpc) is 3.11. The average molecular weight is 380 g/mol. The van der Waals surface area contributed by atoms with Gasteiger partial charge in [0, 0.05) is 29.3 Å². The van der Waals surface area contributed by atoms with E-state index in [1.165, 1.54) is 35.6 Å². The van der Waals surface area contributed by atoms with Crippen LogP contribution in [0.3, 0.4) is 0 Å². The lowest BCUT2D eigenvalue weighted by Crippen LogP contribution is -2.44. The second kappa shape index (κ2) is 9.14. The maximum atomic E-state index is 12.4. The molecule has 0 unspecified atom stereocenters. The summed E-state index contributed by atoms with van der Waals surface area (Å²) in [5, 5.41) is 18.3. The fourth-order valence-electron chi connectivity index (χ4n) is 1.98. The topological polar surface area (TPSA) is 114 Å². The number of aromatic nitrogens is 1. The van der Waals surface area contributed by atoms with Crippen molar-refractivity contribution >= 4 is 45.7 Å². The first-order valence-corrected chi connectivity index (χ1v) is 9.53. The van der Waals surface area contributed by atoms with Gasteiger partial charge in [0.15, 0.2) is 5.13 Å².